The summed E-state index contributed by atoms with van der Waals surface area (Å²) < 4.78 is 0. The van der Waals surface area contributed by atoms with Crippen LogP contribution in [-0.4, -0.2) is 27.5 Å². The lowest BCUT2D eigenvalue weighted by molar-refractivity contribution is 0.596. The van der Waals surface area contributed by atoms with Crippen LogP contribution in [0.15, 0.2) is 12.4 Å². The number of nitrogens with one attached hydrogen (secondary N) is 1. The van der Waals surface area contributed by atoms with E-state index in [1.54, 1.807) is 12.4 Å². The Hall–Kier alpha value is -0.770. The lowest BCUT2D eigenvalue weighted by Gasteiger charge is -2.17. The molecule has 14 heavy (non-hydrogen) atoms. The Kier molecular flexibility index (Phi) is 2.91. The van der Waals surface area contributed by atoms with Crippen molar-refractivity contribution in [2.24, 2.45) is 5.92 Å². The Bertz CT molecular complexity index is 316. The van der Waals surface area contributed by atoms with E-state index in [4.69, 9.17) is 0 Å². The van der Waals surface area contributed by atoms with Crippen LogP contribution in [0.25, 0.3) is 0 Å². The van der Waals surface area contributed by atoms with Gasteiger partial charge < -0.3 is 5.32 Å². The standard InChI is InChI=1S/C10H15N3S/c1-7-5-14-6-9(7)13-10-8(2)11-3-4-12-10/h3-4,7,9H,5-6H2,1-2H3,(H,12,13). The summed E-state index contributed by atoms with van der Waals surface area (Å²) in [6.45, 7) is 4.27. The molecule has 1 saturated heterocycles. The molecule has 0 bridgehead atoms. The van der Waals surface area contributed by atoms with Gasteiger partial charge in [0.05, 0.1) is 5.69 Å². The van der Waals surface area contributed by atoms with E-state index in [0.717, 1.165) is 17.4 Å². The average molecular weight is 209 g/mol. The van der Waals surface area contributed by atoms with Gasteiger partial charge in [-0.3, -0.25) is 4.98 Å². The summed E-state index contributed by atoms with van der Waals surface area (Å²) in [6, 6.07) is 0.551. The molecule has 1 aliphatic heterocycles. The zero-order chi connectivity index (χ0) is 9.97. The second-order valence-electron chi connectivity index (χ2n) is 3.76. The first-order chi connectivity index (χ1) is 6.77. The lowest BCUT2D eigenvalue weighted by atomic mass is 10.1. The molecule has 2 heterocycles. The van der Waals surface area contributed by atoms with E-state index in [-0.39, 0.29) is 0 Å². The van der Waals surface area contributed by atoms with Crippen LogP contribution in [0.3, 0.4) is 0 Å². The topological polar surface area (TPSA) is 37.8 Å². The molecule has 0 spiro atoms. The summed E-state index contributed by atoms with van der Waals surface area (Å²) >= 11 is 2.00. The zero-order valence-corrected chi connectivity index (χ0v) is 9.34. The highest BCUT2D eigenvalue weighted by Gasteiger charge is 2.24. The second kappa shape index (κ2) is 4.17. The van der Waals surface area contributed by atoms with Crippen LogP contribution in [0.2, 0.25) is 0 Å². The largest absolute Gasteiger partial charge is 0.365 e. The van der Waals surface area contributed by atoms with Crippen LogP contribution in [0.5, 0.6) is 0 Å². The van der Waals surface area contributed by atoms with Crippen molar-refractivity contribution in [2.75, 3.05) is 16.8 Å². The Morgan fingerprint density at radius 1 is 1.36 bits per heavy atom. The van der Waals surface area contributed by atoms with Crippen LogP contribution in [0, 0.1) is 12.8 Å². The first-order valence-electron chi connectivity index (χ1n) is 4.89. The summed E-state index contributed by atoms with van der Waals surface area (Å²) in [5, 5.41) is 3.46. The smallest absolute Gasteiger partial charge is 0.147 e. The zero-order valence-electron chi connectivity index (χ0n) is 8.53. The van der Waals surface area contributed by atoms with Crippen LogP contribution in [-0.2, 0) is 0 Å². The fourth-order valence-corrected chi connectivity index (χ4v) is 2.98. The van der Waals surface area contributed by atoms with Crippen LogP contribution < -0.4 is 5.32 Å². The number of aromatic nitrogens is 2. The van der Waals surface area contributed by atoms with Gasteiger partial charge in [-0.25, -0.2) is 4.98 Å². The summed E-state index contributed by atoms with van der Waals surface area (Å²) in [7, 11) is 0. The van der Waals surface area contributed by atoms with Gasteiger partial charge in [-0.2, -0.15) is 11.8 Å². The summed E-state index contributed by atoms with van der Waals surface area (Å²) in [4.78, 5) is 8.51. The Balaban J connectivity index is 2.07. The molecule has 0 radical (unpaired) electrons. The third kappa shape index (κ3) is 2.00. The van der Waals surface area contributed by atoms with E-state index >= 15 is 0 Å². The number of aryl methyl sites for hydroxylation is 1. The minimum absolute atomic E-state index is 0.551. The minimum atomic E-state index is 0.551. The highest BCUT2D eigenvalue weighted by molar-refractivity contribution is 7.99. The predicted molar refractivity (Wildman–Crippen MR) is 60.7 cm³/mol. The maximum Gasteiger partial charge on any atom is 0.147 e. The van der Waals surface area contributed by atoms with Gasteiger partial charge in [0.15, 0.2) is 0 Å². The van der Waals surface area contributed by atoms with Gasteiger partial charge in [-0.15, -0.1) is 0 Å². The van der Waals surface area contributed by atoms with Crippen molar-refractivity contribution in [1.29, 1.82) is 0 Å². The first-order valence-corrected chi connectivity index (χ1v) is 6.04. The quantitative estimate of drug-likeness (QED) is 0.808. The number of hydrogen-bond donors (Lipinski definition) is 1. The SMILES string of the molecule is Cc1nccnc1NC1CSCC1C. The highest BCUT2D eigenvalue weighted by atomic mass is 32.2. The number of hydrogen-bond acceptors (Lipinski definition) is 4. The Morgan fingerprint density at radius 3 is 2.79 bits per heavy atom. The van der Waals surface area contributed by atoms with Crippen molar-refractivity contribution in [1.82, 2.24) is 9.97 Å². The molecule has 1 N–H and O–H groups in total. The number of thioether (sulfide) groups is 1. The molecule has 0 aromatic carbocycles. The van der Waals surface area contributed by atoms with Crippen molar-refractivity contribution in [3.05, 3.63) is 18.1 Å². The van der Waals surface area contributed by atoms with E-state index < -0.39 is 0 Å². The summed E-state index contributed by atoms with van der Waals surface area (Å²) in [5.41, 5.74) is 0.983. The molecule has 1 aromatic rings. The molecule has 0 saturated carbocycles. The monoisotopic (exact) mass is 209 g/mol. The van der Waals surface area contributed by atoms with E-state index in [2.05, 4.69) is 22.2 Å². The molecule has 1 aliphatic rings. The van der Waals surface area contributed by atoms with E-state index in [9.17, 15) is 0 Å². The molecular formula is C10H15N3S. The summed E-state index contributed by atoms with van der Waals surface area (Å²) in [6.07, 6.45) is 3.47. The van der Waals surface area contributed by atoms with E-state index in [1.165, 1.54) is 11.5 Å². The van der Waals surface area contributed by atoms with Gasteiger partial charge in [0, 0.05) is 24.2 Å². The van der Waals surface area contributed by atoms with Gasteiger partial charge >= 0.3 is 0 Å². The molecule has 2 rings (SSSR count). The molecule has 3 nitrogen and oxygen atoms in total. The Labute approximate surface area is 88.7 Å². The number of nitrogens with zero attached hydrogens (tertiary/aromatic N) is 2. The molecule has 1 aromatic heterocycles. The van der Waals surface area contributed by atoms with Gasteiger partial charge in [0.1, 0.15) is 5.82 Å². The van der Waals surface area contributed by atoms with Gasteiger partial charge in [0.2, 0.25) is 0 Å². The second-order valence-corrected chi connectivity index (χ2v) is 4.83. The molecule has 1 fully saturated rings. The maximum absolute atomic E-state index is 4.29. The van der Waals surface area contributed by atoms with Gasteiger partial charge in [-0.1, -0.05) is 6.92 Å². The molecule has 2 unspecified atom stereocenters. The lowest BCUT2D eigenvalue weighted by Crippen LogP contribution is -2.26. The van der Waals surface area contributed by atoms with Crippen LogP contribution in [0.1, 0.15) is 12.6 Å². The van der Waals surface area contributed by atoms with E-state index in [0.29, 0.717) is 6.04 Å². The molecule has 76 valence electrons. The molecule has 0 amide bonds. The normalized spacial score (nSPS) is 26.4. The molecule has 4 heteroatoms. The third-order valence-corrected chi connectivity index (χ3v) is 3.92. The maximum atomic E-state index is 4.29. The third-order valence-electron chi connectivity index (χ3n) is 2.57. The van der Waals surface area contributed by atoms with Crippen molar-refractivity contribution in [2.45, 2.75) is 19.9 Å². The fraction of sp³-hybridized carbons (Fsp3) is 0.600. The van der Waals surface area contributed by atoms with Crippen molar-refractivity contribution >= 4 is 17.6 Å². The van der Waals surface area contributed by atoms with Gasteiger partial charge in [-0.05, 0) is 18.6 Å². The summed E-state index contributed by atoms with van der Waals surface area (Å²) in [5.74, 6) is 4.09. The van der Waals surface area contributed by atoms with Crippen molar-refractivity contribution in [3.8, 4) is 0 Å². The van der Waals surface area contributed by atoms with Gasteiger partial charge in [0.25, 0.3) is 0 Å². The molecule has 2 atom stereocenters. The van der Waals surface area contributed by atoms with E-state index in [1.807, 2.05) is 18.7 Å². The number of anilines is 1. The Morgan fingerprint density at radius 2 is 2.14 bits per heavy atom. The van der Waals surface area contributed by atoms with Crippen molar-refractivity contribution < 1.29 is 0 Å². The highest BCUT2D eigenvalue weighted by Crippen LogP contribution is 2.26. The predicted octanol–water partition coefficient (Wildman–Crippen LogP) is 1.95. The first kappa shape index (κ1) is 9.77. The van der Waals surface area contributed by atoms with Crippen LogP contribution >= 0.6 is 11.8 Å². The van der Waals surface area contributed by atoms with Crippen LogP contribution in [0.4, 0.5) is 5.82 Å². The fourth-order valence-electron chi connectivity index (χ4n) is 1.57. The minimum Gasteiger partial charge on any atom is -0.365 e. The average Bonchev–Trinajstić information content (AvgIpc) is 2.56. The number of rotatable bonds is 2. The molecule has 0 aliphatic carbocycles. The molecular weight excluding hydrogens is 194 g/mol. The van der Waals surface area contributed by atoms with Crippen molar-refractivity contribution in [3.63, 3.8) is 0 Å².